The maximum absolute atomic E-state index is 12.7. The molecule has 0 bridgehead atoms. The smallest absolute Gasteiger partial charge is 0.263 e. The summed E-state index contributed by atoms with van der Waals surface area (Å²) >= 11 is 1.17. The lowest BCUT2D eigenvalue weighted by atomic mass is 10.1. The van der Waals surface area contributed by atoms with Gasteiger partial charge in [-0.3, -0.25) is 14.5 Å². The highest BCUT2D eigenvalue weighted by Gasteiger charge is 2.44. The summed E-state index contributed by atoms with van der Waals surface area (Å²) in [7, 11) is 0. The molecule has 0 radical (unpaired) electrons. The first-order valence-corrected chi connectivity index (χ1v) is 9.95. The number of nitrogens with zero attached hydrogens (tertiary/aromatic N) is 3. The van der Waals surface area contributed by atoms with Crippen molar-refractivity contribution in [2.45, 2.75) is 19.3 Å². The third-order valence-electron chi connectivity index (χ3n) is 4.65. The fourth-order valence-electron chi connectivity index (χ4n) is 3.07. The minimum Gasteiger partial charge on any atom is -0.263 e. The van der Waals surface area contributed by atoms with E-state index in [0.717, 1.165) is 21.9 Å². The number of thiazole rings is 1. The zero-order chi connectivity index (χ0) is 22.2. The van der Waals surface area contributed by atoms with Crippen LogP contribution in [0.25, 0.3) is 10.6 Å². The van der Waals surface area contributed by atoms with E-state index >= 15 is 0 Å². The number of carbonyl (C=O) groups is 3. The summed E-state index contributed by atoms with van der Waals surface area (Å²) in [6.07, 6.45) is -4.43. The van der Waals surface area contributed by atoms with Gasteiger partial charge in [0.05, 0.1) is 24.3 Å². The number of alkyl halides is 3. The Hall–Kier alpha value is -3.53. The number of carbonyl (C=O) groups excluding carboxylic acids is 3. The third-order valence-corrected chi connectivity index (χ3v) is 5.59. The minimum absolute atomic E-state index is 0.0192. The Labute approximate surface area is 178 Å². The second-order valence-corrected chi connectivity index (χ2v) is 7.63. The number of urea groups is 1. The molecule has 10 heteroatoms. The number of benzene rings is 2. The van der Waals surface area contributed by atoms with E-state index in [9.17, 15) is 27.6 Å². The lowest BCUT2D eigenvalue weighted by Gasteiger charge is -2.14. The summed E-state index contributed by atoms with van der Waals surface area (Å²) in [5.41, 5.74) is 0.775. The predicted molar refractivity (Wildman–Crippen MR) is 105 cm³/mol. The highest BCUT2D eigenvalue weighted by Crippen LogP contribution is 2.32. The molecule has 4 amide bonds. The third kappa shape index (κ3) is 4.19. The van der Waals surface area contributed by atoms with Gasteiger partial charge in [-0.25, -0.2) is 14.7 Å². The van der Waals surface area contributed by atoms with Crippen LogP contribution in [0.2, 0.25) is 0 Å². The van der Waals surface area contributed by atoms with Crippen molar-refractivity contribution in [1.29, 1.82) is 0 Å². The van der Waals surface area contributed by atoms with E-state index in [1.54, 1.807) is 35.7 Å². The second-order valence-electron chi connectivity index (χ2n) is 6.77. The molecule has 31 heavy (non-hydrogen) atoms. The molecule has 1 saturated heterocycles. The zero-order valence-electron chi connectivity index (χ0n) is 15.8. The van der Waals surface area contributed by atoms with Crippen molar-refractivity contribution in [2.75, 3.05) is 0 Å². The molecule has 158 valence electrons. The van der Waals surface area contributed by atoms with Gasteiger partial charge in [-0.15, -0.1) is 11.3 Å². The number of amides is 4. The van der Waals surface area contributed by atoms with Crippen LogP contribution in [0.3, 0.4) is 0 Å². The quantitative estimate of drug-likeness (QED) is 0.433. The lowest BCUT2D eigenvalue weighted by molar-refractivity contribution is -0.143. The molecule has 3 aromatic rings. The molecule has 0 spiro atoms. The fourth-order valence-corrected chi connectivity index (χ4v) is 3.89. The Morgan fingerprint density at radius 2 is 1.45 bits per heavy atom. The van der Waals surface area contributed by atoms with E-state index in [-0.39, 0.29) is 13.1 Å². The van der Waals surface area contributed by atoms with Crippen LogP contribution in [-0.2, 0) is 28.9 Å². The van der Waals surface area contributed by atoms with Gasteiger partial charge in [0, 0.05) is 10.9 Å². The van der Waals surface area contributed by atoms with Crippen LogP contribution < -0.4 is 0 Å². The zero-order valence-corrected chi connectivity index (χ0v) is 16.6. The molecule has 4 rings (SSSR count). The summed E-state index contributed by atoms with van der Waals surface area (Å²) in [6, 6.07) is 12.6. The molecule has 1 aromatic heterocycles. The predicted octanol–water partition coefficient (Wildman–Crippen LogP) is 4.32. The molecule has 1 aliphatic heterocycles. The Balaban J connectivity index is 1.48. The molecule has 0 aliphatic carbocycles. The molecular weight excluding hydrogens is 431 g/mol. The first-order valence-electron chi connectivity index (χ1n) is 9.07. The van der Waals surface area contributed by atoms with Crippen molar-refractivity contribution >= 4 is 29.2 Å². The Morgan fingerprint density at radius 1 is 0.839 bits per heavy atom. The monoisotopic (exact) mass is 445 g/mol. The number of imide groups is 2. The highest BCUT2D eigenvalue weighted by molar-refractivity contribution is 7.13. The number of rotatable bonds is 5. The SMILES string of the molecule is O=C1C(=O)N(Cc2csc(-c3ccc(C(F)(F)F)cc3)n2)C(=O)N1Cc1ccccc1. The van der Waals surface area contributed by atoms with Crippen molar-refractivity contribution in [1.82, 2.24) is 14.8 Å². The van der Waals surface area contributed by atoms with Crippen LogP contribution in [-0.4, -0.2) is 32.6 Å². The maximum atomic E-state index is 12.7. The van der Waals surface area contributed by atoms with E-state index in [0.29, 0.717) is 21.8 Å². The van der Waals surface area contributed by atoms with Crippen LogP contribution in [0.1, 0.15) is 16.8 Å². The van der Waals surface area contributed by atoms with E-state index in [4.69, 9.17) is 0 Å². The van der Waals surface area contributed by atoms with Gasteiger partial charge in [-0.05, 0) is 17.7 Å². The Kier molecular flexibility index (Phi) is 5.32. The number of hydrogen-bond acceptors (Lipinski definition) is 5. The van der Waals surface area contributed by atoms with E-state index in [1.165, 1.54) is 23.5 Å². The summed E-state index contributed by atoms with van der Waals surface area (Å²) < 4.78 is 38.1. The van der Waals surface area contributed by atoms with Gasteiger partial charge < -0.3 is 0 Å². The molecule has 1 aliphatic rings. The second kappa shape index (κ2) is 7.95. The summed E-state index contributed by atoms with van der Waals surface area (Å²) in [4.78, 5) is 43.2. The topological polar surface area (TPSA) is 70.6 Å². The normalized spacial score (nSPS) is 14.6. The van der Waals surface area contributed by atoms with Crippen LogP contribution in [0.5, 0.6) is 0 Å². The van der Waals surface area contributed by atoms with Gasteiger partial charge in [-0.2, -0.15) is 13.2 Å². The number of hydrogen-bond donors (Lipinski definition) is 0. The van der Waals surface area contributed by atoms with E-state index in [2.05, 4.69) is 4.98 Å². The Morgan fingerprint density at radius 3 is 2.06 bits per heavy atom. The standard InChI is InChI=1S/C21H14F3N3O3S/c22-21(23,24)15-8-6-14(7-9-15)17-25-16(12-31-17)11-27-19(29)18(28)26(20(27)30)10-13-4-2-1-3-5-13/h1-9,12H,10-11H2. The van der Waals surface area contributed by atoms with Gasteiger partial charge >= 0.3 is 24.0 Å². The van der Waals surface area contributed by atoms with Gasteiger partial charge in [-0.1, -0.05) is 42.5 Å². The first kappa shape index (κ1) is 20.7. The van der Waals surface area contributed by atoms with Crippen LogP contribution in [0.15, 0.2) is 60.0 Å². The van der Waals surface area contributed by atoms with Crippen LogP contribution >= 0.6 is 11.3 Å². The minimum atomic E-state index is -4.43. The summed E-state index contributed by atoms with van der Waals surface area (Å²) in [6.45, 7) is -0.222. The van der Waals surface area contributed by atoms with Crippen molar-refractivity contribution in [3.05, 3.63) is 76.8 Å². The number of halogens is 3. The maximum Gasteiger partial charge on any atom is 0.416 e. The fraction of sp³-hybridized carbons (Fsp3) is 0.143. The van der Waals surface area contributed by atoms with Gasteiger partial charge in [0.25, 0.3) is 0 Å². The number of aromatic nitrogens is 1. The van der Waals surface area contributed by atoms with Crippen molar-refractivity contribution in [3.63, 3.8) is 0 Å². The average Bonchev–Trinajstić information content (AvgIpc) is 3.30. The van der Waals surface area contributed by atoms with Crippen LogP contribution in [0.4, 0.5) is 18.0 Å². The van der Waals surface area contributed by atoms with Crippen molar-refractivity contribution < 1.29 is 27.6 Å². The molecule has 1 fully saturated rings. The molecule has 6 nitrogen and oxygen atoms in total. The van der Waals surface area contributed by atoms with Crippen molar-refractivity contribution in [2.24, 2.45) is 0 Å². The van der Waals surface area contributed by atoms with Gasteiger partial charge in [0.15, 0.2) is 0 Å². The molecule has 0 atom stereocenters. The van der Waals surface area contributed by atoms with Crippen LogP contribution in [0, 0.1) is 0 Å². The lowest BCUT2D eigenvalue weighted by Crippen LogP contribution is -2.32. The van der Waals surface area contributed by atoms with Crippen molar-refractivity contribution in [3.8, 4) is 10.6 Å². The summed E-state index contributed by atoms with van der Waals surface area (Å²) in [5, 5.41) is 2.04. The molecule has 2 heterocycles. The molecular formula is C21H14F3N3O3S. The van der Waals surface area contributed by atoms with Gasteiger partial charge in [0.1, 0.15) is 5.01 Å². The largest absolute Gasteiger partial charge is 0.416 e. The first-order chi connectivity index (χ1) is 14.7. The van der Waals surface area contributed by atoms with Gasteiger partial charge in [0.2, 0.25) is 0 Å². The highest BCUT2D eigenvalue weighted by atomic mass is 32.1. The Bertz CT molecular complexity index is 1140. The average molecular weight is 445 g/mol. The summed E-state index contributed by atoms with van der Waals surface area (Å²) in [5.74, 6) is -1.85. The molecule has 0 saturated carbocycles. The molecule has 0 N–H and O–H groups in total. The van der Waals surface area contributed by atoms with E-state index < -0.39 is 29.6 Å². The molecule has 0 unspecified atom stereocenters. The molecule has 2 aromatic carbocycles. The van der Waals surface area contributed by atoms with E-state index in [1.807, 2.05) is 0 Å².